The molecule has 4 rings (SSSR count). The normalized spacial score (nSPS) is 14.6. The number of nitrogens with zero attached hydrogens (tertiary/aromatic N) is 2. The Hall–Kier alpha value is -3.40. The van der Waals surface area contributed by atoms with Crippen LogP contribution in [0.3, 0.4) is 0 Å². The third-order valence-corrected chi connectivity index (χ3v) is 7.33. The van der Waals surface area contributed by atoms with Crippen LogP contribution in [0, 0.1) is 13.8 Å². The van der Waals surface area contributed by atoms with Crippen LogP contribution in [0.5, 0.6) is 5.88 Å². The molecule has 0 atom stereocenters. The Bertz CT molecular complexity index is 1280. The maximum atomic E-state index is 13.2. The number of anilines is 2. The summed E-state index contributed by atoms with van der Waals surface area (Å²) in [4.78, 5) is 21.0. The molecule has 2 N–H and O–H groups in total. The average molecular weight is 485 g/mol. The van der Waals surface area contributed by atoms with Crippen LogP contribution >= 0.6 is 0 Å². The van der Waals surface area contributed by atoms with Gasteiger partial charge >= 0.3 is 0 Å². The van der Waals surface area contributed by atoms with Crippen molar-refractivity contribution in [2.45, 2.75) is 56.8 Å². The molecule has 2 aromatic heterocycles. The minimum Gasteiger partial charge on any atom is -0.480 e. The molecule has 0 spiro atoms. The highest BCUT2D eigenvalue weighted by Gasteiger charge is 2.25. The molecular formula is C24H28N4O5S. The number of amides is 1. The first kappa shape index (κ1) is 23.7. The molecule has 1 aromatic carbocycles. The summed E-state index contributed by atoms with van der Waals surface area (Å²) < 4.78 is 39.7. The zero-order chi connectivity index (χ0) is 24.3. The molecule has 0 unspecified atom stereocenters. The molecule has 1 aliphatic carbocycles. The Labute approximate surface area is 199 Å². The maximum absolute atomic E-state index is 13.2. The van der Waals surface area contributed by atoms with E-state index in [0.29, 0.717) is 11.6 Å². The number of hydrogen-bond donors (Lipinski definition) is 2. The van der Waals surface area contributed by atoms with Crippen LogP contribution in [-0.2, 0) is 10.0 Å². The number of hydrogen-bond acceptors (Lipinski definition) is 7. The Morgan fingerprint density at radius 3 is 2.53 bits per heavy atom. The zero-order valence-corrected chi connectivity index (χ0v) is 20.2. The van der Waals surface area contributed by atoms with E-state index in [1.165, 1.54) is 32.1 Å². The number of rotatable bonds is 7. The van der Waals surface area contributed by atoms with E-state index >= 15 is 0 Å². The lowest BCUT2D eigenvalue weighted by Crippen LogP contribution is -2.18. The first-order chi connectivity index (χ1) is 16.3. The van der Waals surface area contributed by atoms with Crippen LogP contribution in [0.1, 0.15) is 65.5 Å². The quantitative estimate of drug-likeness (QED) is 0.494. The fourth-order valence-corrected chi connectivity index (χ4v) is 5.48. The van der Waals surface area contributed by atoms with Gasteiger partial charge in [-0.3, -0.25) is 9.52 Å². The number of pyridine rings is 1. The Morgan fingerprint density at radius 2 is 1.85 bits per heavy atom. The summed E-state index contributed by atoms with van der Waals surface area (Å²) in [5.74, 6) is 0.200. The van der Waals surface area contributed by atoms with E-state index in [1.807, 2.05) is 32.0 Å². The summed E-state index contributed by atoms with van der Waals surface area (Å²) in [6, 6.07) is 6.79. The molecule has 1 fully saturated rings. The van der Waals surface area contributed by atoms with Crippen molar-refractivity contribution in [3.05, 3.63) is 59.4 Å². The summed E-state index contributed by atoms with van der Waals surface area (Å²) in [6.45, 7) is 3.63. The molecule has 0 bridgehead atoms. The van der Waals surface area contributed by atoms with E-state index in [2.05, 4.69) is 20.0 Å². The van der Waals surface area contributed by atoms with E-state index in [9.17, 15) is 13.2 Å². The minimum atomic E-state index is -4.06. The lowest BCUT2D eigenvalue weighted by atomic mass is 9.89. The van der Waals surface area contributed by atoms with Crippen LogP contribution < -0.4 is 14.8 Å². The molecule has 2 heterocycles. The second-order valence-electron chi connectivity index (χ2n) is 8.46. The molecule has 1 aliphatic rings. The first-order valence-electron chi connectivity index (χ1n) is 11.2. The molecule has 10 heteroatoms. The van der Waals surface area contributed by atoms with Crippen LogP contribution in [-0.4, -0.2) is 31.4 Å². The van der Waals surface area contributed by atoms with Crippen molar-refractivity contribution in [2.24, 2.45) is 0 Å². The highest BCUT2D eigenvalue weighted by Crippen LogP contribution is 2.32. The standard InChI is InChI=1S/C24H28N4O5S/c1-15-8-7-9-16(2)21(15)28-34(30,31)20-12-18(13-25-24(20)32-3)26-22(29)19-14-33-23(27-19)17-10-5-4-6-11-17/h7-9,12-14,17,28H,4-6,10-11H2,1-3H3,(H,26,29). The largest absolute Gasteiger partial charge is 0.480 e. The molecule has 1 amide bonds. The van der Waals surface area contributed by atoms with Gasteiger partial charge in [0.15, 0.2) is 16.5 Å². The SMILES string of the molecule is COc1ncc(NC(=O)c2coc(C3CCCCC3)n2)cc1S(=O)(=O)Nc1c(C)cccc1C. The van der Waals surface area contributed by atoms with E-state index in [1.54, 1.807) is 0 Å². The predicted molar refractivity (Wildman–Crippen MR) is 128 cm³/mol. The van der Waals surface area contributed by atoms with E-state index in [0.717, 1.165) is 36.8 Å². The van der Waals surface area contributed by atoms with E-state index in [4.69, 9.17) is 9.15 Å². The molecule has 0 radical (unpaired) electrons. The molecule has 9 nitrogen and oxygen atoms in total. The molecular weight excluding hydrogens is 456 g/mol. The van der Waals surface area contributed by atoms with Gasteiger partial charge in [-0.25, -0.2) is 18.4 Å². The number of sulfonamides is 1. The number of carbonyl (C=O) groups is 1. The Kier molecular flexibility index (Phi) is 6.87. The third-order valence-electron chi connectivity index (χ3n) is 5.99. The van der Waals surface area contributed by atoms with Gasteiger partial charge in [-0.1, -0.05) is 37.5 Å². The topological polar surface area (TPSA) is 123 Å². The lowest BCUT2D eigenvalue weighted by molar-refractivity contribution is 0.102. The molecule has 0 aliphatic heterocycles. The first-order valence-corrected chi connectivity index (χ1v) is 12.7. The number of aryl methyl sites for hydroxylation is 2. The lowest BCUT2D eigenvalue weighted by Gasteiger charge is -2.17. The van der Waals surface area contributed by atoms with Gasteiger partial charge in [0.1, 0.15) is 6.26 Å². The molecule has 3 aromatic rings. The highest BCUT2D eigenvalue weighted by atomic mass is 32.2. The Morgan fingerprint density at radius 1 is 1.15 bits per heavy atom. The van der Waals surface area contributed by atoms with E-state index in [-0.39, 0.29) is 28.1 Å². The average Bonchev–Trinajstić information content (AvgIpc) is 3.33. The number of nitrogens with one attached hydrogen (secondary N) is 2. The fraction of sp³-hybridized carbons (Fsp3) is 0.375. The van der Waals surface area contributed by atoms with Crippen molar-refractivity contribution in [1.29, 1.82) is 0 Å². The van der Waals surface area contributed by atoms with Gasteiger partial charge in [0.25, 0.3) is 15.9 Å². The van der Waals surface area contributed by atoms with Gasteiger partial charge in [0, 0.05) is 5.92 Å². The van der Waals surface area contributed by atoms with Crippen molar-refractivity contribution < 1.29 is 22.4 Å². The molecule has 1 saturated carbocycles. The number of methoxy groups -OCH3 is 1. The summed E-state index contributed by atoms with van der Waals surface area (Å²) in [6.07, 6.45) is 8.11. The number of oxazole rings is 1. The van der Waals surface area contributed by atoms with Crippen molar-refractivity contribution in [2.75, 3.05) is 17.1 Å². The second-order valence-corrected chi connectivity index (χ2v) is 10.1. The number of para-hydroxylation sites is 1. The number of ether oxygens (including phenoxy) is 1. The molecule has 0 saturated heterocycles. The fourth-order valence-electron chi connectivity index (χ4n) is 4.14. The number of carbonyl (C=O) groups excluding carboxylic acids is 1. The highest BCUT2D eigenvalue weighted by molar-refractivity contribution is 7.92. The van der Waals surface area contributed by atoms with Crippen molar-refractivity contribution >= 4 is 27.3 Å². The van der Waals surface area contributed by atoms with Crippen molar-refractivity contribution in [1.82, 2.24) is 9.97 Å². The zero-order valence-electron chi connectivity index (χ0n) is 19.4. The molecule has 34 heavy (non-hydrogen) atoms. The summed E-state index contributed by atoms with van der Waals surface area (Å²) in [5, 5.41) is 2.65. The maximum Gasteiger partial charge on any atom is 0.277 e. The number of aromatic nitrogens is 2. The van der Waals surface area contributed by atoms with Crippen LogP contribution in [0.25, 0.3) is 0 Å². The summed E-state index contributed by atoms with van der Waals surface area (Å²) >= 11 is 0. The third kappa shape index (κ3) is 5.06. The van der Waals surface area contributed by atoms with Crippen molar-refractivity contribution in [3.8, 4) is 5.88 Å². The van der Waals surface area contributed by atoms with Crippen LogP contribution in [0.2, 0.25) is 0 Å². The molecule has 180 valence electrons. The number of benzene rings is 1. The smallest absolute Gasteiger partial charge is 0.277 e. The Balaban J connectivity index is 1.56. The minimum absolute atomic E-state index is 0.0854. The van der Waals surface area contributed by atoms with Gasteiger partial charge in [0.05, 0.1) is 24.7 Å². The van der Waals surface area contributed by atoms with Crippen LogP contribution in [0.15, 0.2) is 46.0 Å². The van der Waals surface area contributed by atoms with Gasteiger partial charge < -0.3 is 14.5 Å². The van der Waals surface area contributed by atoms with Gasteiger partial charge in [0.2, 0.25) is 5.88 Å². The second kappa shape index (κ2) is 9.84. The van der Waals surface area contributed by atoms with Crippen molar-refractivity contribution in [3.63, 3.8) is 0 Å². The van der Waals surface area contributed by atoms with E-state index < -0.39 is 15.9 Å². The summed E-state index contributed by atoms with van der Waals surface area (Å²) in [7, 11) is -2.72. The van der Waals surface area contributed by atoms with Gasteiger partial charge in [-0.15, -0.1) is 0 Å². The van der Waals surface area contributed by atoms with Gasteiger partial charge in [-0.05, 0) is 43.9 Å². The predicted octanol–water partition coefficient (Wildman–Crippen LogP) is 4.80. The van der Waals surface area contributed by atoms with Crippen LogP contribution in [0.4, 0.5) is 11.4 Å². The monoisotopic (exact) mass is 484 g/mol. The van der Waals surface area contributed by atoms with Gasteiger partial charge in [-0.2, -0.15) is 0 Å². The summed E-state index contributed by atoms with van der Waals surface area (Å²) in [5.41, 5.74) is 2.36.